The van der Waals surface area contributed by atoms with Crippen LogP contribution in [0.1, 0.15) is 0 Å². The van der Waals surface area contributed by atoms with Crippen LogP contribution in [-0.2, 0) is 7.05 Å². The van der Waals surface area contributed by atoms with Gasteiger partial charge < -0.3 is 0 Å². The van der Waals surface area contributed by atoms with Crippen LogP contribution >= 0.6 is 11.6 Å². The van der Waals surface area contributed by atoms with Crippen molar-refractivity contribution < 1.29 is 4.57 Å². The first-order chi connectivity index (χ1) is 6.80. The fourth-order valence-electron chi connectivity index (χ4n) is 0.815. The second kappa shape index (κ2) is 6.11. The number of halogens is 1. The van der Waals surface area contributed by atoms with Crippen LogP contribution in [0.2, 0.25) is 5.15 Å². The van der Waals surface area contributed by atoms with E-state index in [1.54, 1.807) is 12.4 Å². The molecular weight excluding hydrogens is 196 g/mol. The van der Waals surface area contributed by atoms with E-state index >= 15 is 0 Å². The van der Waals surface area contributed by atoms with Crippen molar-refractivity contribution in [2.75, 3.05) is 0 Å². The minimum Gasteiger partial charge on any atom is -0.265 e. The van der Waals surface area contributed by atoms with Crippen molar-refractivity contribution in [3.63, 3.8) is 0 Å². The summed E-state index contributed by atoms with van der Waals surface area (Å²) in [5.74, 6) is 0. The predicted octanol–water partition coefficient (Wildman–Crippen LogP) is 2.25. The second-order valence-corrected chi connectivity index (χ2v) is 3.05. The van der Waals surface area contributed by atoms with E-state index < -0.39 is 0 Å². The number of aryl methyl sites for hydroxylation is 1. The van der Waals surface area contributed by atoms with Crippen molar-refractivity contribution in [3.8, 4) is 0 Å². The highest BCUT2D eigenvalue weighted by molar-refractivity contribution is 6.28. The molecule has 3 heteroatoms. The molecule has 0 aliphatic heterocycles. The molecule has 0 radical (unpaired) electrons. The van der Waals surface area contributed by atoms with Gasteiger partial charge in [0.25, 0.3) is 5.15 Å². The lowest BCUT2D eigenvalue weighted by molar-refractivity contribution is -0.669. The highest BCUT2D eigenvalue weighted by Gasteiger charge is 1.94. The first-order valence-corrected chi connectivity index (χ1v) is 4.63. The Kier molecular flexibility index (Phi) is 4.65. The Morgan fingerprint density at radius 2 is 1.79 bits per heavy atom. The summed E-state index contributed by atoms with van der Waals surface area (Å²) >= 11 is 5.67. The molecule has 0 fully saturated rings. The summed E-state index contributed by atoms with van der Waals surface area (Å²) in [6, 6.07) is 11.4. The van der Waals surface area contributed by atoms with Gasteiger partial charge in [-0.3, -0.25) is 4.98 Å². The van der Waals surface area contributed by atoms with Crippen molar-refractivity contribution in [2.45, 2.75) is 0 Å². The first-order valence-electron chi connectivity index (χ1n) is 4.26. The van der Waals surface area contributed by atoms with Gasteiger partial charge in [-0.25, -0.2) is 0 Å². The molecule has 0 aliphatic carbocycles. The summed E-state index contributed by atoms with van der Waals surface area (Å²) in [7, 11) is 1.91. The maximum absolute atomic E-state index is 5.67. The largest absolute Gasteiger partial charge is 0.274 e. The SMILES string of the molecule is C[n+]1ccccc1Cl.c1ccncc1. The van der Waals surface area contributed by atoms with Gasteiger partial charge in [-0.15, -0.1) is 0 Å². The Bertz CT molecular complexity index is 315. The van der Waals surface area contributed by atoms with Gasteiger partial charge in [0.2, 0.25) is 0 Å². The van der Waals surface area contributed by atoms with Crippen molar-refractivity contribution in [2.24, 2.45) is 7.05 Å². The lowest BCUT2D eigenvalue weighted by Crippen LogP contribution is -2.27. The molecular formula is C11H12ClN2+. The third kappa shape index (κ3) is 4.01. The summed E-state index contributed by atoms with van der Waals surface area (Å²) < 4.78 is 1.85. The highest BCUT2D eigenvalue weighted by atomic mass is 35.5. The van der Waals surface area contributed by atoms with E-state index in [2.05, 4.69) is 4.98 Å². The number of rotatable bonds is 0. The van der Waals surface area contributed by atoms with Crippen molar-refractivity contribution >= 4 is 11.6 Å². The number of nitrogens with zero attached hydrogens (tertiary/aromatic N) is 2. The lowest BCUT2D eigenvalue weighted by Gasteiger charge is -1.84. The highest BCUT2D eigenvalue weighted by Crippen LogP contribution is 1.95. The third-order valence-corrected chi connectivity index (χ3v) is 1.95. The molecule has 0 N–H and O–H groups in total. The van der Waals surface area contributed by atoms with E-state index in [0.29, 0.717) is 0 Å². The van der Waals surface area contributed by atoms with Gasteiger partial charge in [0.05, 0.1) is 0 Å². The van der Waals surface area contributed by atoms with Crippen molar-refractivity contribution in [1.29, 1.82) is 0 Å². The molecule has 0 saturated heterocycles. The van der Waals surface area contributed by atoms with Crippen LogP contribution in [0, 0.1) is 0 Å². The lowest BCUT2D eigenvalue weighted by atomic mass is 10.5. The Morgan fingerprint density at radius 3 is 2.07 bits per heavy atom. The summed E-state index contributed by atoms with van der Waals surface area (Å²) in [6.45, 7) is 0. The van der Waals surface area contributed by atoms with Crippen LogP contribution in [0.4, 0.5) is 0 Å². The summed E-state index contributed by atoms with van der Waals surface area (Å²) in [5, 5.41) is 0.757. The standard InChI is InChI=1S/C6H7ClN.C5H5N/c1-8-5-3-2-4-6(8)7;1-2-4-6-5-3-1/h2-5H,1H3;1-5H/q+1;. The molecule has 0 unspecified atom stereocenters. The maximum Gasteiger partial charge on any atom is 0.274 e. The molecule has 0 aromatic carbocycles. The van der Waals surface area contributed by atoms with E-state index in [-0.39, 0.29) is 0 Å². The molecule has 2 heterocycles. The van der Waals surface area contributed by atoms with Crippen LogP contribution < -0.4 is 4.57 Å². The molecule has 0 amide bonds. The maximum atomic E-state index is 5.67. The van der Waals surface area contributed by atoms with Crippen LogP contribution in [0.5, 0.6) is 0 Å². The van der Waals surface area contributed by atoms with Crippen LogP contribution in [0.3, 0.4) is 0 Å². The van der Waals surface area contributed by atoms with Crippen LogP contribution in [0.25, 0.3) is 0 Å². The molecule has 2 aromatic heterocycles. The second-order valence-electron chi connectivity index (χ2n) is 2.66. The molecule has 0 aliphatic rings. The van der Waals surface area contributed by atoms with E-state index in [1.165, 1.54) is 0 Å². The zero-order valence-electron chi connectivity index (χ0n) is 7.97. The molecule has 0 saturated carbocycles. The molecule has 0 atom stereocenters. The Morgan fingerprint density at radius 1 is 1.07 bits per heavy atom. The molecule has 2 nitrogen and oxygen atoms in total. The fourth-order valence-corrected chi connectivity index (χ4v) is 0.944. The van der Waals surface area contributed by atoms with Gasteiger partial charge in [-0.05, 0) is 29.8 Å². The smallest absolute Gasteiger partial charge is 0.265 e. The van der Waals surface area contributed by atoms with E-state index in [0.717, 1.165) is 5.15 Å². The van der Waals surface area contributed by atoms with Crippen LogP contribution in [-0.4, -0.2) is 4.98 Å². The van der Waals surface area contributed by atoms with Gasteiger partial charge in [0.15, 0.2) is 6.20 Å². The van der Waals surface area contributed by atoms with Gasteiger partial charge in [0.1, 0.15) is 7.05 Å². The molecule has 0 bridgehead atoms. The third-order valence-electron chi connectivity index (χ3n) is 1.56. The minimum atomic E-state index is 0.757. The van der Waals surface area contributed by atoms with Crippen molar-refractivity contribution in [3.05, 3.63) is 60.1 Å². The number of pyridine rings is 2. The molecule has 2 aromatic rings. The molecule has 14 heavy (non-hydrogen) atoms. The molecule has 0 spiro atoms. The average molecular weight is 208 g/mol. The van der Waals surface area contributed by atoms with Gasteiger partial charge in [0, 0.05) is 24.5 Å². The number of aromatic nitrogens is 2. The normalized spacial score (nSPS) is 8.71. The monoisotopic (exact) mass is 207 g/mol. The van der Waals surface area contributed by atoms with Gasteiger partial charge in [-0.1, -0.05) is 6.07 Å². The average Bonchev–Trinajstić information content (AvgIpc) is 2.26. The van der Waals surface area contributed by atoms with E-state index in [9.17, 15) is 0 Å². The summed E-state index contributed by atoms with van der Waals surface area (Å²) in [5.41, 5.74) is 0. The zero-order chi connectivity index (χ0) is 10.2. The predicted molar refractivity (Wildman–Crippen MR) is 56.9 cm³/mol. The van der Waals surface area contributed by atoms with E-state index in [4.69, 9.17) is 11.6 Å². The zero-order valence-corrected chi connectivity index (χ0v) is 8.72. The van der Waals surface area contributed by atoms with Crippen LogP contribution in [0.15, 0.2) is 55.0 Å². The molecule has 2 rings (SSSR count). The Hall–Kier alpha value is -1.41. The first kappa shape index (κ1) is 10.7. The number of hydrogen-bond acceptors (Lipinski definition) is 1. The Balaban J connectivity index is 0.000000146. The number of hydrogen-bond donors (Lipinski definition) is 0. The quantitative estimate of drug-likeness (QED) is 0.478. The molecule has 72 valence electrons. The summed E-state index contributed by atoms with van der Waals surface area (Å²) in [4.78, 5) is 3.78. The summed E-state index contributed by atoms with van der Waals surface area (Å²) in [6.07, 6.45) is 5.41. The van der Waals surface area contributed by atoms with Gasteiger partial charge in [-0.2, -0.15) is 4.57 Å². The fraction of sp³-hybridized carbons (Fsp3) is 0.0909. The van der Waals surface area contributed by atoms with E-state index in [1.807, 2.05) is 54.2 Å². The minimum absolute atomic E-state index is 0.757. The van der Waals surface area contributed by atoms with Gasteiger partial charge >= 0.3 is 0 Å². The van der Waals surface area contributed by atoms with Crippen molar-refractivity contribution in [1.82, 2.24) is 4.98 Å². The Labute approximate surface area is 88.8 Å². The topological polar surface area (TPSA) is 16.8 Å².